The SMILES string of the molecule is Cc1ccc(F)c(CNC(=O)N[C@@H](Cc2ccccc2)c2ncc(Cl)n2-c2ccc3[nH]c(=O)cc(O)c3c2)c1Cl. The molecule has 8 nitrogen and oxygen atoms in total. The third-order valence-corrected chi connectivity index (χ3v) is 7.31. The molecule has 204 valence electrons. The summed E-state index contributed by atoms with van der Waals surface area (Å²) in [5, 5.41) is 16.9. The zero-order chi connectivity index (χ0) is 28.4. The molecule has 0 bridgehead atoms. The van der Waals surface area contributed by atoms with E-state index in [0.29, 0.717) is 34.4 Å². The first kappa shape index (κ1) is 27.2. The first-order valence-electron chi connectivity index (χ1n) is 12.3. The van der Waals surface area contributed by atoms with Crippen LogP contribution in [0.2, 0.25) is 10.2 Å². The number of aromatic amines is 1. The normalized spacial score (nSPS) is 11.9. The van der Waals surface area contributed by atoms with Gasteiger partial charge in [0.1, 0.15) is 22.5 Å². The Balaban J connectivity index is 1.48. The predicted octanol–water partition coefficient (Wildman–Crippen LogP) is 5.96. The third kappa shape index (κ3) is 5.66. The average Bonchev–Trinajstić information content (AvgIpc) is 3.32. The van der Waals surface area contributed by atoms with Gasteiger partial charge in [-0.05, 0) is 48.7 Å². The molecule has 0 fully saturated rings. The summed E-state index contributed by atoms with van der Waals surface area (Å²) in [5.74, 6) is -0.272. The smallest absolute Gasteiger partial charge is 0.315 e. The number of carbonyl (C=O) groups excluding carboxylic acids is 1. The Labute approximate surface area is 238 Å². The maximum atomic E-state index is 14.4. The van der Waals surface area contributed by atoms with Crippen LogP contribution in [0.25, 0.3) is 16.6 Å². The fourth-order valence-corrected chi connectivity index (χ4v) is 4.97. The lowest BCUT2D eigenvalue weighted by atomic mass is 10.0. The molecule has 2 amide bonds. The molecule has 0 spiro atoms. The van der Waals surface area contributed by atoms with Gasteiger partial charge in [-0.2, -0.15) is 0 Å². The fraction of sp³-hybridized carbons (Fsp3) is 0.138. The predicted molar refractivity (Wildman–Crippen MR) is 153 cm³/mol. The number of carbonyl (C=O) groups is 1. The van der Waals surface area contributed by atoms with Crippen LogP contribution in [0.3, 0.4) is 0 Å². The number of hydrogen-bond acceptors (Lipinski definition) is 4. The molecule has 11 heteroatoms. The average molecular weight is 580 g/mol. The van der Waals surface area contributed by atoms with Gasteiger partial charge in [0, 0.05) is 29.2 Å². The van der Waals surface area contributed by atoms with Crippen molar-refractivity contribution in [3.8, 4) is 11.4 Å². The van der Waals surface area contributed by atoms with E-state index in [-0.39, 0.29) is 28.0 Å². The number of aromatic hydroxyl groups is 1. The zero-order valence-electron chi connectivity index (χ0n) is 21.2. The summed E-state index contributed by atoms with van der Waals surface area (Å²) >= 11 is 12.8. The Morgan fingerprint density at radius 2 is 1.90 bits per heavy atom. The molecular weight excluding hydrogens is 556 g/mol. The van der Waals surface area contributed by atoms with E-state index in [0.717, 1.165) is 11.6 Å². The molecule has 3 aromatic carbocycles. The maximum absolute atomic E-state index is 14.4. The van der Waals surface area contributed by atoms with Gasteiger partial charge < -0.3 is 20.7 Å². The molecule has 4 N–H and O–H groups in total. The van der Waals surface area contributed by atoms with Gasteiger partial charge in [0.05, 0.1) is 22.8 Å². The van der Waals surface area contributed by atoms with Crippen molar-refractivity contribution in [2.45, 2.75) is 25.9 Å². The lowest BCUT2D eigenvalue weighted by Crippen LogP contribution is -2.39. The van der Waals surface area contributed by atoms with Gasteiger partial charge in [-0.3, -0.25) is 9.36 Å². The van der Waals surface area contributed by atoms with Crippen LogP contribution >= 0.6 is 23.2 Å². The van der Waals surface area contributed by atoms with E-state index in [1.54, 1.807) is 35.8 Å². The van der Waals surface area contributed by atoms with E-state index in [1.165, 1.54) is 12.3 Å². The number of pyridine rings is 1. The van der Waals surface area contributed by atoms with Crippen LogP contribution in [0.5, 0.6) is 5.75 Å². The van der Waals surface area contributed by atoms with Gasteiger partial charge in [-0.25, -0.2) is 14.2 Å². The van der Waals surface area contributed by atoms with Gasteiger partial charge in [0.2, 0.25) is 0 Å². The number of amides is 2. The molecule has 0 radical (unpaired) electrons. The van der Waals surface area contributed by atoms with Crippen molar-refractivity contribution < 1.29 is 14.3 Å². The van der Waals surface area contributed by atoms with Gasteiger partial charge in [0.15, 0.2) is 0 Å². The molecule has 0 saturated carbocycles. The van der Waals surface area contributed by atoms with Crippen LogP contribution in [0.15, 0.2) is 77.7 Å². The fourth-order valence-electron chi connectivity index (χ4n) is 4.52. The van der Waals surface area contributed by atoms with Crippen LogP contribution in [0.4, 0.5) is 9.18 Å². The zero-order valence-corrected chi connectivity index (χ0v) is 22.7. The number of urea groups is 1. The number of aryl methyl sites for hydroxylation is 1. The van der Waals surface area contributed by atoms with E-state index >= 15 is 0 Å². The topological polar surface area (TPSA) is 112 Å². The number of nitrogens with one attached hydrogen (secondary N) is 3. The van der Waals surface area contributed by atoms with Gasteiger partial charge in [-0.1, -0.05) is 59.6 Å². The molecule has 0 saturated heterocycles. The number of nitrogens with zero attached hydrogens (tertiary/aromatic N) is 2. The van der Waals surface area contributed by atoms with E-state index in [2.05, 4.69) is 20.6 Å². The summed E-state index contributed by atoms with van der Waals surface area (Å²) in [6, 6.07) is 17.3. The molecule has 0 unspecified atom stereocenters. The minimum atomic E-state index is -0.660. The number of rotatable bonds is 7. The van der Waals surface area contributed by atoms with Crippen molar-refractivity contribution in [2.24, 2.45) is 0 Å². The van der Waals surface area contributed by atoms with E-state index in [1.807, 2.05) is 30.3 Å². The first-order chi connectivity index (χ1) is 19.2. The Bertz CT molecular complexity index is 1770. The molecule has 0 aliphatic rings. The third-order valence-electron chi connectivity index (χ3n) is 6.51. The van der Waals surface area contributed by atoms with Gasteiger partial charge in [-0.15, -0.1) is 0 Å². The minimum absolute atomic E-state index is 0.117. The molecule has 0 aliphatic heterocycles. The second kappa shape index (κ2) is 11.4. The molecule has 5 aromatic rings. The van der Waals surface area contributed by atoms with Gasteiger partial charge in [0.25, 0.3) is 5.56 Å². The lowest BCUT2D eigenvalue weighted by Gasteiger charge is -2.21. The van der Waals surface area contributed by atoms with Crippen molar-refractivity contribution in [3.63, 3.8) is 0 Å². The standard InChI is InChI=1S/C29H24Cl2FN5O3/c1-16-7-9-21(32)20(27(16)31)14-34-29(40)36-23(11-17-5-3-2-4-6-17)28-33-15-25(30)37(28)18-8-10-22-19(12-18)24(38)13-26(39)35-22/h2-10,12-13,15,23H,11,14H2,1H3,(H2,34,36,40)(H2,35,38,39)/t23-/m0/s1. The maximum Gasteiger partial charge on any atom is 0.315 e. The Hall–Kier alpha value is -4.34. The molecule has 2 aromatic heterocycles. The van der Waals surface area contributed by atoms with Gasteiger partial charge >= 0.3 is 6.03 Å². The second-order valence-corrected chi connectivity index (χ2v) is 10.0. The summed E-state index contributed by atoms with van der Waals surface area (Å²) in [7, 11) is 0. The molecular formula is C29H24Cl2FN5O3. The number of fused-ring (bicyclic) bond motifs is 1. The highest BCUT2D eigenvalue weighted by Gasteiger charge is 2.24. The van der Waals surface area contributed by atoms with Crippen LogP contribution in [0, 0.1) is 12.7 Å². The quantitative estimate of drug-likeness (QED) is 0.190. The van der Waals surface area contributed by atoms with Crippen molar-refractivity contribution in [2.75, 3.05) is 0 Å². The molecule has 2 heterocycles. The number of imidazole rings is 1. The van der Waals surface area contributed by atoms with E-state index in [4.69, 9.17) is 23.2 Å². The van der Waals surface area contributed by atoms with Crippen molar-refractivity contribution in [1.82, 2.24) is 25.2 Å². The number of aromatic nitrogens is 3. The number of halogens is 3. The van der Waals surface area contributed by atoms with Crippen LogP contribution in [-0.2, 0) is 13.0 Å². The van der Waals surface area contributed by atoms with E-state index in [9.17, 15) is 19.1 Å². The summed E-state index contributed by atoms with van der Waals surface area (Å²) < 4.78 is 16.0. The number of hydrogen-bond donors (Lipinski definition) is 4. The highest BCUT2D eigenvalue weighted by Crippen LogP contribution is 2.30. The highest BCUT2D eigenvalue weighted by atomic mass is 35.5. The Kier molecular flexibility index (Phi) is 7.77. The first-order valence-corrected chi connectivity index (χ1v) is 13.1. The number of benzene rings is 3. The lowest BCUT2D eigenvalue weighted by molar-refractivity contribution is 0.235. The molecule has 40 heavy (non-hydrogen) atoms. The number of H-pyrrole nitrogens is 1. The molecule has 0 aliphatic carbocycles. The van der Waals surface area contributed by atoms with Crippen LogP contribution in [-0.4, -0.2) is 25.7 Å². The monoisotopic (exact) mass is 579 g/mol. The van der Waals surface area contributed by atoms with E-state index < -0.39 is 23.4 Å². The molecule has 1 atom stereocenters. The van der Waals surface area contributed by atoms with Crippen molar-refractivity contribution in [1.29, 1.82) is 0 Å². The van der Waals surface area contributed by atoms with Crippen LogP contribution < -0.4 is 16.2 Å². The highest BCUT2D eigenvalue weighted by molar-refractivity contribution is 6.32. The largest absolute Gasteiger partial charge is 0.507 e. The summed E-state index contributed by atoms with van der Waals surface area (Å²) in [5.41, 5.74) is 2.40. The Morgan fingerprint density at radius 1 is 1.12 bits per heavy atom. The Morgan fingerprint density at radius 3 is 2.67 bits per heavy atom. The molecule has 5 rings (SSSR count). The second-order valence-electron chi connectivity index (χ2n) is 9.25. The summed E-state index contributed by atoms with van der Waals surface area (Å²) in [4.78, 5) is 32.0. The summed E-state index contributed by atoms with van der Waals surface area (Å²) in [6.45, 7) is 1.64. The van der Waals surface area contributed by atoms with Crippen molar-refractivity contribution in [3.05, 3.63) is 122 Å². The van der Waals surface area contributed by atoms with Crippen LogP contribution in [0.1, 0.15) is 28.6 Å². The minimum Gasteiger partial charge on any atom is -0.507 e. The van der Waals surface area contributed by atoms with Crippen molar-refractivity contribution >= 4 is 40.1 Å². The summed E-state index contributed by atoms with van der Waals surface area (Å²) in [6.07, 6.45) is 1.83.